The van der Waals surface area contributed by atoms with Crippen LogP contribution in [0.3, 0.4) is 0 Å². The molecule has 0 amide bonds. The van der Waals surface area contributed by atoms with Gasteiger partial charge in [-0.2, -0.15) is 5.26 Å². The second-order valence-electron chi connectivity index (χ2n) is 3.93. The maximum absolute atomic E-state index is 13.3. The van der Waals surface area contributed by atoms with Gasteiger partial charge in [0.05, 0.1) is 11.6 Å². The van der Waals surface area contributed by atoms with Crippen LogP contribution in [-0.2, 0) is 0 Å². The van der Waals surface area contributed by atoms with E-state index in [1.54, 1.807) is 6.07 Å². The number of rotatable bonds is 1. The molecule has 0 aliphatic heterocycles. The van der Waals surface area contributed by atoms with E-state index in [1.807, 2.05) is 31.2 Å². The summed E-state index contributed by atoms with van der Waals surface area (Å²) < 4.78 is 13.3. The Hall–Kier alpha value is -2.34. The molecule has 0 unspecified atom stereocenters. The van der Waals surface area contributed by atoms with E-state index in [2.05, 4.69) is 0 Å². The van der Waals surface area contributed by atoms with Crippen molar-refractivity contribution in [1.29, 1.82) is 5.26 Å². The quantitative estimate of drug-likeness (QED) is 0.759. The zero-order valence-corrected chi connectivity index (χ0v) is 9.37. The van der Waals surface area contributed by atoms with Crippen molar-refractivity contribution in [3.63, 3.8) is 0 Å². The van der Waals surface area contributed by atoms with Gasteiger partial charge in [-0.25, -0.2) is 4.39 Å². The summed E-state index contributed by atoms with van der Waals surface area (Å²) in [5.41, 5.74) is 9.18. The van der Waals surface area contributed by atoms with Gasteiger partial charge < -0.3 is 5.73 Å². The van der Waals surface area contributed by atoms with E-state index < -0.39 is 5.82 Å². The number of nitrogen functional groups attached to an aromatic ring is 1. The summed E-state index contributed by atoms with van der Waals surface area (Å²) in [6, 6.07) is 11.7. The van der Waals surface area contributed by atoms with Crippen molar-refractivity contribution in [2.24, 2.45) is 0 Å². The molecule has 0 bridgehead atoms. The Morgan fingerprint density at radius 1 is 1.18 bits per heavy atom. The van der Waals surface area contributed by atoms with Crippen LogP contribution in [0.25, 0.3) is 11.1 Å². The highest BCUT2D eigenvalue weighted by Gasteiger charge is 2.06. The molecule has 0 heterocycles. The summed E-state index contributed by atoms with van der Waals surface area (Å²) in [6.45, 7) is 1.94. The fraction of sp³-hybridized carbons (Fsp3) is 0.0714. The molecule has 3 heteroatoms. The average Bonchev–Trinajstić information content (AvgIpc) is 2.28. The first-order valence-corrected chi connectivity index (χ1v) is 5.17. The number of hydrogen-bond acceptors (Lipinski definition) is 2. The van der Waals surface area contributed by atoms with E-state index in [9.17, 15) is 4.39 Å². The number of nitriles is 1. The highest BCUT2D eigenvalue weighted by Crippen LogP contribution is 2.28. The topological polar surface area (TPSA) is 49.8 Å². The van der Waals surface area contributed by atoms with Gasteiger partial charge in [-0.15, -0.1) is 0 Å². The van der Waals surface area contributed by atoms with E-state index in [0.29, 0.717) is 16.8 Å². The van der Waals surface area contributed by atoms with Crippen LogP contribution in [0, 0.1) is 24.1 Å². The summed E-state index contributed by atoms with van der Waals surface area (Å²) in [5, 5.41) is 8.80. The lowest BCUT2D eigenvalue weighted by molar-refractivity contribution is 0.628. The van der Waals surface area contributed by atoms with Crippen molar-refractivity contribution in [1.82, 2.24) is 0 Å². The normalized spacial score (nSPS) is 9.94. The Morgan fingerprint density at radius 2 is 1.94 bits per heavy atom. The molecule has 2 aromatic carbocycles. The number of anilines is 1. The van der Waals surface area contributed by atoms with Crippen molar-refractivity contribution in [3.05, 3.63) is 53.3 Å². The van der Waals surface area contributed by atoms with E-state index in [0.717, 1.165) is 11.1 Å². The Morgan fingerprint density at radius 3 is 2.59 bits per heavy atom. The van der Waals surface area contributed by atoms with Crippen LogP contribution in [0.5, 0.6) is 0 Å². The van der Waals surface area contributed by atoms with Gasteiger partial charge in [0.15, 0.2) is 0 Å². The van der Waals surface area contributed by atoms with E-state index in [1.165, 1.54) is 12.1 Å². The minimum absolute atomic E-state index is 0.292. The minimum atomic E-state index is -0.431. The molecule has 0 radical (unpaired) electrons. The van der Waals surface area contributed by atoms with E-state index in [-0.39, 0.29) is 0 Å². The Bertz CT molecular complexity index is 612. The lowest BCUT2D eigenvalue weighted by Crippen LogP contribution is -1.92. The van der Waals surface area contributed by atoms with Crippen molar-refractivity contribution < 1.29 is 4.39 Å². The zero-order valence-electron chi connectivity index (χ0n) is 9.37. The summed E-state index contributed by atoms with van der Waals surface area (Å²) in [7, 11) is 0. The maximum Gasteiger partial charge on any atom is 0.125 e. The summed E-state index contributed by atoms with van der Waals surface area (Å²) in [6.07, 6.45) is 0. The number of aryl methyl sites for hydroxylation is 1. The van der Waals surface area contributed by atoms with Crippen molar-refractivity contribution in [2.75, 3.05) is 5.73 Å². The summed E-state index contributed by atoms with van der Waals surface area (Å²) in [4.78, 5) is 0. The van der Waals surface area contributed by atoms with Gasteiger partial charge in [-0.05, 0) is 42.3 Å². The molecule has 0 aromatic heterocycles. The van der Waals surface area contributed by atoms with E-state index in [4.69, 9.17) is 11.0 Å². The first-order valence-electron chi connectivity index (χ1n) is 5.17. The van der Waals surface area contributed by atoms with Crippen LogP contribution in [0.1, 0.15) is 11.1 Å². The molecular weight excluding hydrogens is 215 g/mol. The van der Waals surface area contributed by atoms with Gasteiger partial charge >= 0.3 is 0 Å². The average molecular weight is 226 g/mol. The van der Waals surface area contributed by atoms with E-state index >= 15 is 0 Å². The molecule has 2 aromatic rings. The largest absolute Gasteiger partial charge is 0.398 e. The highest BCUT2D eigenvalue weighted by molar-refractivity contribution is 5.77. The molecular formula is C14H11FN2. The summed E-state index contributed by atoms with van der Waals surface area (Å²) >= 11 is 0. The maximum atomic E-state index is 13.3. The number of nitrogens with zero attached hydrogens (tertiary/aromatic N) is 1. The van der Waals surface area contributed by atoms with Crippen LogP contribution in [0.4, 0.5) is 10.1 Å². The molecule has 17 heavy (non-hydrogen) atoms. The molecule has 0 spiro atoms. The fourth-order valence-corrected chi connectivity index (χ4v) is 1.75. The van der Waals surface area contributed by atoms with Crippen LogP contribution < -0.4 is 5.73 Å². The highest BCUT2D eigenvalue weighted by atomic mass is 19.1. The van der Waals surface area contributed by atoms with Gasteiger partial charge in [-0.3, -0.25) is 0 Å². The number of halogens is 1. The Balaban J connectivity index is 2.61. The zero-order chi connectivity index (χ0) is 12.4. The summed E-state index contributed by atoms with van der Waals surface area (Å²) in [5.74, 6) is -0.431. The predicted molar refractivity (Wildman–Crippen MR) is 65.7 cm³/mol. The fourth-order valence-electron chi connectivity index (χ4n) is 1.75. The monoisotopic (exact) mass is 226 g/mol. The third-order valence-electron chi connectivity index (χ3n) is 2.54. The molecule has 0 atom stereocenters. The van der Waals surface area contributed by atoms with Crippen LogP contribution in [0.2, 0.25) is 0 Å². The first-order chi connectivity index (χ1) is 8.10. The SMILES string of the molecule is Cc1ccc(-c2cc(F)cc(C#N)c2)c(N)c1. The van der Waals surface area contributed by atoms with Crippen molar-refractivity contribution in [2.45, 2.75) is 6.92 Å². The van der Waals surface area contributed by atoms with Crippen LogP contribution >= 0.6 is 0 Å². The molecule has 2 nitrogen and oxygen atoms in total. The van der Waals surface area contributed by atoms with Gasteiger partial charge in [0.25, 0.3) is 0 Å². The smallest absolute Gasteiger partial charge is 0.125 e. The standard InChI is InChI=1S/C14H11FN2/c1-9-2-3-13(14(17)4-9)11-5-10(8-16)6-12(15)7-11/h2-7H,17H2,1H3. The molecule has 0 saturated carbocycles. The van der Waals surface area contributed by atoms with Crippen LogP contribution in [0.15, 0.2) is 36.4 Å². The number of nitrogens with two attached hydrogens (primary N) is 1. The third-order valence-corrected chi connectivity index (χ3v) is 2.54. The van der Waals surface area contributed by atoms with Gasteiger partial charge in [-0.1, -0.05) is 12.1 Å². The predicted octanol–water partition coefficient (Wildman–Crippen LogP) is 3.26. The second kappa shape index (κ2) is 4.26. The van der Waals surface area contributed by atoms with Crippen LogP contribution in [-0.4, -0.2) is 0 Å². The van der Waals surface area contributed by atoms with Gasteiger partial charge in [0, 0.05) is 11.3 Å². The first kappa shape index (κ1) is 11.2. The number of benzene rings is 2. The molecule has 0 fully saturated rings. The Kier molecular flexibility index (Phi) is 2.80. The van der Waals surface area contributed by atoms with Crippen molar-refractivity contribution in [3.8, 4) is 17.2 Å². The minimum Gasteiger partial charge on any atom is -0.398 e. The Labute approximate surface area is 99.1 Å². The molecule has 2 rings (SSSR count). The lowest BCUT2D eigenvalue weighted by atomic mass is 10.0. The molecule has 0 aliphatic rings. The molecule has 0 aliphatic carbocycles. The van der Waals surface area contributed by atoms with Crippen molar-refractivity contribution >= 4 is 5.69 Å². The van der Waals surface area contributed by atoms with Gasteiger partial charge in [0.1, 0.15) is 5.82 Å². The lowest BCUT2D eigenvalue weighted by Gasteiger charge is -2.07. The van der Waals surface area contributed by atoms with Gasteiger partial charge in [0.2, 0.25) is 0 Å². The molecule has 2 N–H and O–H groups in total. The molecule has 84 valence electrons. The molecule has 0 saturated heterocycles. The second-order valence-corrected chi connectivity index (χ2v) is 3.93. The number of hydrogen-bond donors (Lipinski definition) is 1. The third kappa shape index (κ3) is 2.26.